The van der Waals surface area contributed by atoms with Crippen molar-refractivity contribution in [2.75, 3.05) is 23.5 Å². The van der Waals surface area contributed by atoms with Gasteiger partial charge in [0.2, 0.25) is 0 Å². The van der Waals surface area contributed by atoms with E-state index in [1.54, 1.807) is 0 Å². The average molecular weight is 259 g/mol. The monoisotopic (exact) mass is 259 g/mol. The molecule has 1 aromatic carbocycles. The Morgan fingerprint density at radius 1 is 1.29 bits per heavy atom. The summed E-state index contributed by atoms with van der Waals surface area (Å²) in [4.78, 5) is 0. The van der Waals surface area contributed by atoms with E-state index >= 15 is 0 Å². The summed E-state index contributed by atoms with van der Waals surface area (Å²) in [6, 6.07) is 3.75. The highest BCUT2D eigenvalue weighted by atomic mass is 32.2. The predicted octanol–water partition coefficient (Wildman–Crippen LogP) is 1.16. The zero-order chi connectivity index (χ0) is 12.5. The van der Waals surface area contributed by atoms with Gasteiger partial charge in [0.15, 0.2) is 0 Å². The first-order valence-corrected chi connectivity index (χ1v) is 6.76. The number of anilines is 2. The SMILES string of the molecule is Nc1cc(NS(=O)(=O)N2CCCC2)ccc1F. The molecule has 1 aliphatic rings. The first-order valence-electron chi connectivity index (χ1n) is 5.32. The Morgan fingerprint density at radius 2 is 1.94 bits per heavy atom. The molecule has 0 saturated carbocycles. The second-order valence-corrected chi connectivity index (χ2v) is 5.62. The Morgan fingerprint density at radius 3 is 2.53 bits per heavy atom. The molecule has 7 heteroatoms. The number of benzene rings is 1. The first-order chi connectivity index (χ1) is 7.99. The Kier molecular flexibility index (Phi) is 3.21. The van der Waals surface area contributed by atoms with E-state index in [0.29, 0.717) is 13.1 Å². The maximum Gasteiger partial charge on any atom is 0.301 e. The van der Waals surface area contributed by atoms with Crippen molar-refractivity contribution in [2.45, 2.75) is 12.8 Å². The molecule has 3 N–H and O–H groups in total. The van der Waals surface area contributed by atoms with Gasteiger partial charge in [-0.3, -0.25) is 4.72 Å². The number of nitrogens with two attached hydrogens (primary N) is 1. The van der Waals surface area contributed by atoms with Gasteiger partial charge in [0.05, 0.1) is 11.4 Å². The second-order valence-electron chi connectivity index (χ2n) is 3.95. The summed E-state index contributed by atoms with van der Waals surface area (Å²) in [5.41, 5.74) is 5.57. The quantitative estimate of drug-likeness (QED) is 0.800. The van der Waals surface area contributed by atoms with Gasteiger partial charge in [-0.05, 0) is 31.0 Å². The van der Waals surface area contributed by atoms with E-state index in [2.05, 4.69) is 4.72 Å². The number of nitrogens with zero attached hydrogens (tertiary/aromatic N) is 1. The van der Waals surface area contributed by atoms with E-state index in [1.807, 2.05) is 0 Å². The van der Waals surface area contributed by atoms with Crippen LogP contribution in [0.1, 0.15) is 12.8 Å². The van der Waals surface area contributed by atoms with Gasteiger partial charge in [0.25, 0.3) is 0 Å². The molecule has 1 saturated heterocycles. The minimum Gasteiger partial charge on any atom is -0.396 e. The van der Waals surface area contributed by atoms with Crippen LogP contribution in [0.25, 0.3) is 0 Å². The molecule has 94 valence electrons. The highest BCUT2D eigenvalue weighted by Crippen LogP contribution is 2.20. The molecule has 0 aromatic heterocycles. The summed E-state index contributed by atoms with van der Waals surface area (Å²) >= 11 is 0. The Bertz CT molecular complexity index is 512. The maximum atomic E-state index is 12.9. The molecule has 1 heterocycles. The lowest BCUT2D eigenvalue weighted by Gasteiger charge is -2.17. The zero-order valence-corrected chi connectivity index (χ0v) is 10.0. The minimum atomic E-state index is -3.54. The molecule has 0 atom stereocenters. The van der Waals surface area contributed by atoms with Crippen molar-refractivity contribution in [2.24, 2.45) is 0 Å². The molecule has 0 bridgehead atoms. The largest absolute Gasteiger partial charge is 0.396 e. The molecule has 0 amide bonds. The van der Waals surface area contributed by atoms with Crippen molar-refractivity contribution in [1.29, 1.82) is 0 Å². The molecule has 2 rings (SSSR count). The van der Waals surface area contributed by atoms with E-state index in [0.717, 1.165) is 18.9 Å². The van der Waals surface area contributed by atoms with E-state index in [-0.39, 0.29) is 11.4 Å². The van der Waals surface area contributed by atoms with Crippen molar-refractivity contribution in [3.63, 3.8) is 0 Å². The van der Waals surface area contributed by atoms with Crippen LogP contribution < -0.4 is 10.5 Å². The summed E-state index contributed by atoms with van der Waals surface area (Å²) in [7, 11) is -3.54. The molecule has 17 heavy (non-hydrogen) atoms. The summed E-state index contributed by atoms with van der Waals surface area (Å²) in [6.07, 6.45) is 1.74. The molecule has 1 fully saturated rings. The molecule has 0 radical (unpaired) electrons. The van der Waals surface area contributed by atoms with Gasteiger partial charge in [-0.15, -0.1) is 0 Å². The molecular formula is C10H14FN3O2S. The third kappa shape index (κ3) is 2.67. The van der Waals surface area contributed by atoms with Crippen molar-refractivity contribution in [3.05, 3.63) is 24.0 Å². The van der Waals surface area contributed by atoms with Crippen LogP contribution in [0.4, 0.5) is 15.8 Å². The molecule has 0 aliphatic carbocycles. The van der Waals surface area contributed by atoms with Crippen LogP contribution in [0, 0.1) is 5.82 Å². The minimum absolute atomic E-state index is 0.0772. The molecular weight excluding hydrogens is 245 g/mol. The summed E-state index contributed by atoms with van der Waals surface area (Å²) in [5.74, 6) is -0.561. The van der Waals surface area contributed by atoms with Crippen molar-refractivity contribution in [1.82, 2.24) is 4.31 Å². The van der Waals surface area contributed by atoms with Crippen LogP contribution in [-0.4, -0.2) is 25.8 Å². The highest BCUT2D eigenvalue weighted by molar-refractivity contribution is 7.90. The van der Waals surface area contributed by atoms with E-state index < -0.39 is 16.0 Å². The van der Waals surface area contributed by atoms with Gasteiger partial charge in [-0.2, -0.15) is 12.7 Å². The average Bonchev–Trinajstić information content (AvgIpc) is 2.77. The summed E-state index contributed by atoms with van der Waals surface area (Å²) in [5, 5.41) is 0. The van der Waals surface area contributed by atoms with Crippen LogP contribution in [0.2, 0.25) is 0 Å². The molecule has 0 spiro atoms. The first kappa shape index (κ1) is 12.1. The number of nitrogens with one attached hydrogen (secondary N) is 1. The van der Waals surface area contributed by atoms with Gasteiger partial charge in [-0.1, -0.05) is 0 Å². The Labute approximate surface area is 99.6 Å². The van der Waals surface area contributed by atoms with Gasteiger partial charge in [0, 0.05) is 13.1 Å². The summed E-state index contributed by atoms with van der Waals surface area (Å²) in [6.45, 7) is 1.04. The normalized spacial score (nSPS) is 17.2. The van der Waals surface area contributed by atoms with E-state index in [1.165, 1.54) is 16.4 Å². The topological polar surface area (TPSA) is 75.4 Å². The zero-order valence-electron chi connectivity index (χ0n) is 9.19. The van der Waals surface area contributed by atoms with Gasteiger partial charge >= 0.3 is 10.2 Å². The Hall–Kier alpha value is -1.34. The van der Waals surface area contributed by atoms with E-state index in [4.69, 9.17) is 5.73 Å². The van der Waals surface area contributed by atoms with Gasteiger partial charge in [-0.25, -0.2) is 4.39 Å². The third-order valence-electron chi connectivity index (χ3n) is 2.65. The number of hydrogen-bond acceptors (Lipinski definition) is 3. The third-order valence-corrected chi connectivity index (χ3v) is 4.19. The van der Waals surface area contributed by atoms with Crippen molar-refractivity contribution >= 4 is 21.6 Å². The molecule has 1 aliphatic heterocycles. The second kappa shape index (κ2) is 4.50. The number of nitrogen functional groups attached to an aromatic ring is 1. The van der Waals surface area contributed by atoms with Crippen molar-refractivity contribution in [3.8, 4) is 0 Å². The molecule has 5 nitrogen and oxygen atoms in total. The lowest BCUT2D eigenvalue weighted by atomic mass is 10.3. The maximum absolute atomic E-state index is 12.9. The number of hydrogen-bond donors (Lipinski definition) is 2. The van der Waals surface area contributed by atoms with Crippen LogP contribution in [0.5, 0.6) is 0 Å². The van der Waals surface area contributed by atoms with E-state index in [9.17, 15) is 12.8 Å². The lowest BCUT2D eigenvalue weighted by Crippen LogP contribution is -2.33. The fourth-order valence-corrected chi connectivity index (χ4v) is 3.04. The van der Waals surface area contributed by atoms with Gasteiger partial charge in [0.1, 0.15) is 5.82 Å². The van der Waals surface area contributed by atoms with Crippen LogP contribution in [0.3, 0.4) is 0 Å². The fraction of sp³-hybridized carbons (Fsp3) is 0.400. The Balaban J connectivity index is 2.17. The fourth-order valence-electron chi connectivity index (χ4n) is 1.75. The number of halogens is 1. The van der Waals surface area contributed by atoms with Crippen LogP contribution in [0.15, 0.2) is 18.2 Å². The smallest absolute Gasteiger partial charge is 0.301 e. The standard InChI is InChI=1S/C10H14FN3O2S/c11-9-4-3-8(7-10(9)12)13-17(15,16)14-5-1-2-6-14/h3-4,7,13H,1-2,5-6,12H2. The van der Waals surface area contributed by atoms with Crippen molar-refractivity contribution < 1.29 is 12.8 Å². The van der Waals surface area contributed by atoms with Crippen LogP contribution >= 0.6 is 0 Å². The number of rotatable bonds is 3. The van der Waals surface area contributed by atoms with Crippen LogP contribution in [-0.2, 0) is 10.2 Å². The predicted molar refractivity (Wildman–Crippen MR) is 64.2 cm³/mol. The highest BCUT2D eigenvalue weighted by Gasteiger charge is 2.25. The lowest BCUT2D eigenvalue weighted by molar-refractivity contribution is 0.482. The van der Waals surface area contributed by atoms with Gasteiger partial charge < -0.3 is 5.73 Å². The molecule has 1 aromatic rings. The summed E-state index contributed by atoms with van der Waals surface area (Å²) < 4.78 is 40.4. The molecule has 0 unspecified atom stereocenters.